The molecule has 3 aliphatic rings. The molecule has 3 aliphatic heterocycles. The maximum atomic E-state index is 14.3. The summed E-state index contributed by atoms with van der Waals surface area (Å²) in [5.74, 6) is 0.159. The van der Waals surface area contributed by atoms with Crippen molar-refractivity contribution in [1.82, 2.24) is 33.3 Å². The Bertz CT molecular complexity index is 4990. The number of amides is 2. The highest BCUT2D eigenvalue weighted by atomic mass is 32.5. The molecule has 3 unspecified atom stereocenters. The van der Waals surface area contributed by atoms with Gasteiger partial charge >= 0.3 is 17.1 Å². The number of methoxy groups -OCH3 is 2. The number of aromatic nitrogens is 6. The first kappa shape index (κ1) is 83.8. The largest absolute Gasteiger partial charge is 0.497 e. The standard InChI is InChI=1S/C78H87N12O17P3S2/c1-51(2)90(52(3)4)108(41-17-36-79)105-61-44-69(87-39-34-67(84-75(87)94)82-73(92)54-20-11-8-12-21-54)103-65(61)49-100-109(111,42-18-37-80)107-63-45-70(88-40-35-68(85-76(88)95)83-74(93)55-22-13-9-14-23-55)104-66(63)50-101-110(112,43-19-38-81)106-62-46-71(89-47-53(5)72(91)86-77(89)96)102-64(62)48-99-78(56-24-15-10-16-25-56,57-26-30-59(97-6)31-27-57)58-28-32-60(98-7)33-29-58/h8-16,20-35,39-40,47,51-52,61-66,69-71H,17-19,41-46,48-50H2,1-7H3,(H,86,91,96)(H,82,84,92,94)(H,83,85,93,95)/t61-,62-,63-,64+,65+,66+,69+,70+,71+,108?,109?,110?/m0/s1. The van der Waals surface area contributed by atoms with E-state index in [2.05, 4.69) is 48.5 Å². The normalized spacial score (nSPS) is 20.9. The van der Waals surface area contributed by atoms with Crippen molar-refractivity contribution in [3.8, 4) is 29.7 Å². The van der Waals surface area contributed by atoms with Crippen molar-refractivity contribution in [2.75, 3.05) is 63.2 Å². The summed E-state index contributed by atoms with van der Waals surface area (Å²) < 4.78 is 79.9. The van der Waals surface area contributed by atoms with Gasteiger partial charge in [-0.2, -0.15) is 25.8 Å². The van der Waals surface area contributed by atoms with Gasteiger partial charge in [0, 0.05) is 104 Å². The molecule has 34 heteroatoms. The number of carbonyl (C=O) groups excluding carboxylic acids is 2. The minimum absolute atomic E-state index is 0.00566. The molecule has 588 valence electrons. The second-order valence-electron chi connectivity index (χ2n) is 27.1. The van der Waals surface area contributed by atoms with Crippen molar-refractivity contribution < 1.29 is 60.6 Å². The van der Waals surface area contributed by atoms with Crippen LogP contribution in [-0.2, 0) is 70.8 Å². The highest BCUT2D eigenvalue weighted by Gasteiger charge is 2.48. The molecule has 2 amide bonds. The fraction of sp³-hybridized carbons (Fsp3) is 0.397. The molecule has 0 bridgehead atoms. The lowest BCUT2D eigenvalue weighted by Crippen LogP contribution is -2.38. The molecule has 6 heterocycles. The van der Waals surface area contributed by atoms with Crippen LogP contribution in [0.25, 0.3) is 0 Å². The highest BCUT2D eigenvalue weighted by Crippen LogP contribution is 2.57. The molecule has 12 atom stereocenters. The van der Waals surface area contributed by atoms with Gasteiger partial charge in [0.15, 0.2) is 13.0 Å². The molecule has 5 aromatic carbocycles. The van der Waals surface area contributed by atoms with Crippen LogP contribution in [0.2, 0.25) is 0 Å². The summed E-state index contributed by atoms with van der Waals surface area (Å²) in [6.07, 6.45) is -5.29. The zero-order valence-electron chi connectivity index (χ0n) is 62.6. The fourth-order valence-electron chi connectivity index (χ4n) is 13.5. The summed E-state index contributed by atoms with van der Waals surface area (Å²) in [4.78, 5) is 92.2. The Hall–Kier alpha value is -9.12. The van der Waals surface area contributed by atoms with Crippen LogP contribution >= 0.6 is 21.3 Å². The number of hydrogen-bond donors (Lipinski definition) is 3. The topological polar surface area (TPSA) is 359 Å². The second kappa shape index (κ2) is 38.6. The van der Waals surface area contributed by atoms with Crippen LogP contribution in [0.5, 0.6) is 11.5 Å². The smallest absolute Gasteiger partial charge is 0.351 e. The molecular formula is C78H87N12O17P3S2. The molecule has 3 N–H and O–H groups in total. The van der Waals surface area contributed by atoms with Gasteiger partial charge in [0.25, 0.3) is 17.4 Å². The van der Waals surface area contributed by atoms with Gasteiger partial charge in [0.1, 0.15) is 74.0 Å². The molecule has 3 saturated heterocycles. The zero-order valence-corrected chi connectivity index (χ0v) is 66.9. The molecular weight excluding hydrogens is 1530 g/mol. The van der Waals surface area contributed by atoms with Gasteiger partial charge in [-0.05, 0) is 136 Å². The SMILES string of the molecule is COc1ccc(C(OC[C@H]2O[C@@H](n3cc(C)c(=O)[nH]c3=O)C[C@@H]2OP(=S)(CCC#N)OC[C@H]2O[C@@H](n3ccc(NC(=O)c4ccccc4)nc3=O)C[C@@H]2OP(=S)(CCC#N)OC[C@H]2O[C@@H](n3ccc(NC(=O)c4ccccc4)nc3=O)C[C@@H]2OP(CCC#N)N(C(C)C)C(C)C)(c2ccccc2)c2ccc(OC)cc2)cc1. The molecule has 0 radical (unpaired) electrons. The lowest BCUT2D eigenvalue weighted by molar-refractivity contribution is -0.0923. The van der Waals surface area contributed by atoms with Crippen molar-refractivity contribution >= 4 is 68.3 Å². The number of rotatable bonds is 36. The number of H-pyrrole nitrogens is 1. The minimum Gasteiger partial charge on any atom is -0.497 e. The molecule has 0 aliphatic carbocycles. The molecule has 3 fully saturated rings. The van der Waals surface area contributed by atoms with Crippen molar-refractivity contribution in [1.29, 1.82) is 15.8 Å². The first-order valence-corrected chi connectivity index (χ1v) is 43.4. The molecule has 0 saturated carbocycles. The van der Waals surface area contributed by atoms with Crippen LogP contribution in [0.3, 0.4) is 0 Å². The predicted molar refractivity (Wildman–Crippen MR) is 425 cm³/mol. The molecule has 8 aromatic rings. The van der Waals surface area contributed by atoms with Gasteiger partial charge in [0.05, 0.1) is 70.6 Å². The summed E-state index contributed by atoms with van der Waals surface area (Å²) in [5.41, 5.74) is -1.26. The molecule has 29 nitrogen and oxygen atoms in total. The lowest BCUT2D eigenvalue weighted by Gasteiger charge is -2.39. The van der Waals surface area contributed by atoms with E-state index in [9.17, 15) is 44.6 Å². The molecule has 112 heavy (non-hydrogen) atoms. The monoisotopic (exact) mass is 1620 g/mol. The van der Waals surface area contributed by atoms with Crippen molar-refractivity contribution in [3.63, 3.8) is 0 Å². The predicted octanol–water partition coefficient (Wildman–Crippen LogP) is 11.7. The van der Waals surface area contributed by atoms with Gasteiger partial charge in [-0.3, -0.25) is 37.7 Å². The Kier molecular flexibility index (Phi) is 28.9. The van der Waals surface area contributed by atoms with Crippen LogP contribution in [0, 0.1) is 40.9 Å². The first-order valence-electron chi connectivity index (χ1n) is 36.3. The Morgan fingerprint density at radius 3 is 1.43 bits per heavy atom. The van der Waals surface area contributed by atoms with E-state index in [0.29, 0.717) is 39.9 Å². The maximum absolute atomic E-state index is 14.3. The Balaban J connectivity index is 0.920. The lowest BCUT2D eigenvalue weighted by atomic mass is 9.80. The van der Waals surface area contributed by atoms with Crippen molar-refractivity contribution in [2.45, 2.75) is 146 Å². The zero-order chi connectivity index (χ0) is 79.7. The average Bonchev–Trinajstić information content (AvgIpc) is 0.839. The van der Waals surface area contributed by atoms with E-state index in [0.717, 1.165) is 5.56 Å². The van der Waals surface area contributed by atoms with Crippen molar-refractivity contribution in [3.05, 3.63) is 245 Å². The third kappa shape index (κ3) is 20.6. The van der Waals surface area contributed by atoms with E-state index in [-0.39, 0.29) is 93.3 Å². The summed E-state index contributed by atoms with van der Waals surface area (Å²) in [5, 5.41) is 35.9. The van der Waals surface area contributed by atoms with E-state index >= 15 is 0 Å². The minimum atomic E-state index is -3.79. The number of carbonyl (C=O) groups is 2. The second-order valence-corrected chi connectivity index (χ2v) is 36.5. The van der Waals surface area contributed by atoms with Crippen LogP contribution in [0.15, 0.2) is 189 Å². The third-order valence-electron chi connectivity index (χ3n) is 18.9. The summed E-state index contributed by atoms with van der Waals surface area (Å²) in [6.45, 7) is 1.17. The van der Waals surface area contributed by atoms with Gasteiger partial charge < -0.3 is 61.7 Å². The number of ether oxygens (including phenoxy) is 6. The summed E-state index contributed by atoms with van der Waals surface area (Å²) in [7, 11) is 1.64. The molecule has 11 rings (SSSR count). The van der Waals surface area contributed by atoms with E-state index < -0.39 is 123 Å². The quantitative estimate of drug-likeness (QED) is 0.0242. The van der Waals surface area contributed by atoms with Crippen LogP contribution < -0.4 is 42.7 Å². The first-order chi connectivity index (χ1) is 54.0. The number of hydrogen-bond acceptors (Lipinski definition) is 25. The van der Waals surface area contributed by atoms with E-state index in [1.54, 1.807) is 81.8 Å². The highest BCUT2D eigenvalue weighted by molar-refractivity contribution is 8.10. The Morgan fingerprint density at radius 1 is 0.589 bits per heavy atom. The number of aryl methyl sites for hydroxylation is 1. The fourth-order valence-corrected chi connectivity index (χ4v) is 20.8. The summed E-state index contributed by atoms with van der Waals surface area (Å²) >= 11 is 13.0. The molecule has 0 spiro atoms. The Labute approximate surface area is 658 Å². The number of nitriles is 3. The number of benzene rings is 5. The van der Waals surface area contributed by atoms with E-state index in [1.807, 2.05) is 107 Å². The van der Waals surface area contributed by atoms with Crippen molar-refractivity contribution in [2.24, 2.45) is 0 Å². The maximum Gasteiger partial charge on any atom is 0.351 e. The number of nitrogens with one attached hydrogen (secondary N) is 3. The summed E-state index contributed by atoms with van der Waals surface area (Å²) in [6, 6.07) is 50.7. The van der Waals surface area contributed by atoms with E-state index in [4.69, 9.17) is 74.7 Å². The van der Waals surface area contributed by atoms with Crippen LogP contribution in [0.1, 0.15) is 128 Å². The Morgan fingerprint density at radius 2 is 1.00 bits per heavy atom. The van der Waals surface area contributed by atoms with Crippen LogP contribution in [-0.4, -0.2) is 146 Å². The number of nitrogens with zero attached hydrogens (tertiary/aromatic N) is 9. The van der Waals surface area contributed by atoms with Gasteiger partial charge in [0.2, 0.25) is 0 Å². The van der Waals surface area contributed by atoms with Gasteiger partial charge in [-0.1, -0.05) is 91.0 Å². The molecule has 3 aromatic heterocycles. The van der Waals surface area contributed by atoms with Gasteiger partial charge in [-0.15, -0.1) is 0 Å². The van der Waals surface area contributed by atoms with E-state index in [1.165, 1.54) is 44.4 Å². The average molecular weight is 1620 g/mol. The van der Waals surface area contributed by atoms with Crippen LogP contribution in [0.4, 0.5) is 11.6 Å². The number of anilines is 2. The number of aromatic amines is 1. The third-order valence-corrected chi connectivity index (χ3v) is 27.5. The van der Waals surface area contributed by atoms with Gasteiger partial charge in [-0.25, -0.2) is 14.4 Å².